The van der Waals surface area contributed by atoms with Crippen molar-refractivity contribution in [1.82, 2.24) is 0 Å². The number of benzene rings is 2. The molecule has 1 aliphatic carbocycles. The first-order valence-electron chi connectivity index (χ1n) is 13.9. The monoisotopic (exact) mass is 478 g/mol. The molecule has 0 saturated carbocycles. The third-order valence-electron chi connectivity index (χ3n) is 7.62. The predicted octanol–water partition coefficient (Wildman–Crippen LogP) is 10.7. The molecule has 2 atom stereocenters. The lowest BCUT2D eigenvalue weighted by atomic mass is 9.81. The van der Waals surface area contributed by atoms with E-state index in [4.69, 9.17) is 0 Å². The Morgan fingerprint density at radius 1 is 1.03 bits per heavy atom. The van der Waals surface area contributed by atoms with E-state index in [0.29, 0.717) is 11.8 Å². The minimum atomic E-state index is 0.516. The minimum Gasteiger partial charge on any atom is -0.100 e. The van der Waals surface area contributed by atoms with Crippen LogP contribution in [0, 0.1) is 12.8 Å². The van der Waals surface area contributed by atoms with Crippen LogP contribution in [-0.4, -0.2) is 0 Å². The second-order valence-electron chi connectivity index (χ2n) is 10.6. The molecule has 0 nitrogen and oxygen atoms in total. The third-order valence-corrected chi connectivity index (χ3v) is 7.62. The molecule has 0 spiro atoms. The van der Waals surface area contributed by atoms with E-state index in [9.17, 15) is 0 Å². The summed E-state index contributed by atoms with van der Waals surface area (Å²) in [4.78, 5) is 0. The zero-order valence-corrected chi connectivity index (χ0v) is 23.5. The van der Waals surface area contributed by atoms with E-state index in [1.54, 1.807) is 0 Å². The number of allylic oxidation sites excluding steroid dienone is 8. The van der Waals surface area contributed by atoms with Gasteiger partial charge >= 0.3 is 0 Å². The largest absolute Gasteiger partial charge is 0.100 e. The van der Waals surface area contributed by atoms with E-state index in [0.717, 1.165) is 25.7 Å². The number of rotatable bonds is 11. The highest BCUT2D eigenvalue weighted by Crippen LogP contribution is 2.36. The van der Waals surface area contributed by atoms with Gasteiger partial charge in [-0.1, -0.05) is 93.1 Å². The number of hydrogen-bond donors (Lipinski definition) is 0. The molecule has 0 radical (unpaired) electrons. The summed E-state index contributed by atoms with van der Waals surface area (Å²) in [6, 6.07) is 12.0. The van der Waals surface area contributed by atoms with Crippen LogP contribution < -0.4 is 0 Å². The summed E-state index contributed by atoms with van der Waals surface area (Å²) in [6.07, 6.45) is 22.3. The maximum atomic E-state index is 4.29. The molecule has 2 unspecified atom stereocenters. The van der Waals surface area contributed by atoms with Gasteiger partial charge in [-0.15, -0.1) is 6.58 Å². The van der Waals surface area contributed by atoms with E-state index in [-0.39, 0.29) is 0 Å². The summed E-state index contributed by atoms with van der Waals surface area (Å²) >= 11 is 0. The third kappa shape index (κ3) is 7.10. The van der Waals surface area contributed by atoms with Crippen molar-refractivity contribution in [2.75, 3.05) is 0 Å². The number of aryl methyl sites for hydroxylation is 2. The van der Waals surface area contributed by atoms with Gasteiger partial charge in [-0.3, -0.25) is 0 Å². The van der Waals surface area contributed by atoms with Crippen LogP contribution in [0.5, 0.6) is 0 Å². The molecule has 2 aromatic rings. The molecule has 2 aromatic carbocycles. The highest BCUT2D eigenvalue weighted by atomic mass is 14.2. The van der Waals surface area contributed by atoms with Crippen LogP contribution in [0.15, 0.2) is 84.5 Å². The van der Waals surface area contributed by atoms with Gasteiger partial charge in [0.05, 0.1) is 0 Å². The van der Waals surface area contributed by atoms with Gasteiger partial charge in [-0.05, 0) is 122 Å². The Hall–Kier alpha value is -2.86. The molecule has 0 N–H and O–H groups in total. The summed E-state index contributed by atoms with van der Waals surface area (Å²) in [7, 11) is 0. The molecule has 0 aromatic heterocycles. The van der Waals surface area contributed by atoms with Crippen molar-refractivity contribution in [3.05, 3.63) is 112 Å². The van der Waals surface area contributed by atoms with Gasteiger partial charge in [-0.25, -0.2) is 0 Å². The van der Waals surface area contributed by atoms with Crippen LogP contribution >= 0.6 is 0 Å². The molecule has 0 heterocycles. The van der Waals surface area contributed by atoms with Gasteiger partial charge in [0.15, 0.2) is 0 Å². The van der Waals surface area contributed by atoms with Crippen molar-refractivity contribution in [2.24, 2.45) is 5.92 Å². The predicted molar refractivity (Wildman–Crippen MR) is 162 cm³/mol. The van der Waals surface area contributed by atoms with E-state index in [1.807, 2.05) is 0 Å². The van der Waals surface area contributed by atoms with E-state index in [1.165, 1.54) is 62.9 Å². The van der Waals surface area contributed by atoms with E-state index in [2.05, 4.69) is 121 Å². The zero-order chi connectivity index (χ0) is 26.1. The van der Waals surface area contributed by atoms with Gasteiger partial charge in [0.1, 0.15) is 0 Å². The summed E-state index contributed by atoms with van der Waals surface area (Å²) in [6.45, 7) is 17.7. The summed E-state index contributed by atoms with van der Waals surface area (Å²) in [5.41, 5.74) is 12.6. The summed E-state index contributed by atoms with van der Waals surface area (Å²) in [5.74, 6) is 1.08. The highest BCUT2D eigenvalue weighted by Gasteiger charge is 2.18. The standard InChI is InChI=1S/C36H46/c1-8-15-32-25-34(23-28(7)35(32)10-3)31-20-21-36(29(9-2)24-31)33(22-26(4)5)19-18-27(6)30-16-13-11-12-14-17-30/h8,11,13-17,20-21,23-25,27,33H,4,9-10,12,18-19,22H2,1-3,5-7H3. The Labute approximate surface area is 221 Å². The lowest BCUT2D eigenvalue weighted by Gasteiger charge is -2.24. The maximum absolute atomic E-state index is 4.29. The van der Waals surface area contributed by atoms with Crippen molar-refractivity contribution in [3.63, 3.8) is 0 Å². The molecule has 0 heteroatoms. The van der Waals surface area contributed by atoms with Crippen LogP contribution in [0.4, 0.5) is 0 Å². The maximum Gasteiger partial charge on any atom is -0.0122 e. The normalized spacial score (nSPS) is 15.1. The summed E-state index contributed by atoms with van der Waals surface area (Å²) in [5, 5.41) is 0. The van der Waals surface area contributed by atoms with E-state index >= 15 is 0 Å². The van der Waals surface area contributed by atoms with Crippen molar-refractivity contribution in [1.29, 1.82) is 0 Å². The molecular weight excluding hydrogens is 432 g/mol. The van der Waals surface area contributed by atoms with Crippen LogP contribution in [0.2, 0.25) is 0 Å². The van der Waals surface area contributed by atoms with Crippen LogP contribution in [0.1, 0.15) is 94.0 Å². The average Bonchev–Trinajstić information content (AvgIpc) is 3.15. The van der Waals surface area contributed by atoms with Crippen molar-refractivity contribution in [3.8, 4) is 11.1 Å². The Morgan fingerprint density at radius 2 is 1.83 bits per heavy atom. The van der Waals surface area contributed by atoms with Gasteiger partial charge in [-0.2, -0.15) is 0 Å². The quantitative estimate of drug-likeness (QED) is 0.282. The van der Waals surface area contributed by atoms with Gasteiger partial charge < -0.3 is 0 Å². The molecule has 0 aliphatic heterocycles. The fourth-order valence-corrected chi connectivity index (χ4v) is 5.64. The Bertz CT molecular complexity index is 1160. The molecule has 190 valence electrons. The van der Waals surface area contributed by atoms with Gasteiger partial charge in [0, 0.05) is 0 Å². The summed E-state index contributed by atoms with van der Waals surface area (Å²) < 4.78 is 0. The second-order valence-corrected chi connectivity index (χ2v) is 10.6. The smallest absolute Gasteiger partial charge is 0.0122 e. The lowest BCUT2D eigenvalue weighted by molar-refractivity contribution is 0.515. The highest BCUT2D eigenvalue weighted by molar-refractivity contribution is 5.71. The molecule has 3 rings (SSSR count). The fourth-order valence-electron chi connectivity index (χ4n) is 5.64. The fraction of sp³-hybridized carbons (Fsp3) is 0.389. The molecule has 0 fully saturated rings. The zero-order valence-electron chi connectivity index (χ0n) is 23.5. The van der Waals surface area contributed by atoms with Crippen LogP contribution in [-0.2, 0) is 12.8 Å². The first-order valence-corrected chi connectivity index (χ1v) is 13.9. The molecule has 0 bridgehead atoms. The SMILES string of the molecule is C=C(C)CC(CCC(C)C1=CC=CCC=C1)c1ccc(-c2cc(C)c(CC)c(C=CC)c2)cc1CC. The van der Waals surface area contributed by atoms with Crippen molar-refractivity contribution < 1.29 is 0 Å². The lowest BCUT2D eigenvalue weighted by Crippen LogP contribution is -2.07. The Morgan fingerprint density at radius 3 is 2.53 bits per heavy atom. The van der Waals surface area contributed by atoms with Crippen molar-refractivity contribution >= 4 is 6.08 Å². The molecule has 0 amide bonds. The first kappa shape index (κ1) is 27.7. The Kier molecular flexibility index (Phi) is 10.4. The topological polar surface area (TPSA) is 0 Å². The average molecular weight is 479 g/mol. The van der Waals surface area contributed by atoms with Crippen LogP contribution in [0.3, 0.4) is 0 Å². The molecule has 0 saturated heterocycles. The van der Waals surface area contributed by atoms with E-state index < -0.39 is 0 Å². The van der Waals surface area contributed by atoms with Crippen LogP contribution in [0.25, 0.3) is 17.2 Å². The van der Waals surface area contributed by atoms with Gasteiger partial charge in [0.25, 0.3) is 0 Å². The van der Waals surface area contributed by atoms with Gasteiger partial charge in [0.2, 0.25) is 0 Å². The second kappa shape index (κ2) is 13.4. The Balaban J connectivity index is 1.91. The van der Waals surface area contributed by atoms with Crippen molar-refractivity contribution in [2.45, 2.75) is 86.0 Å². The molecule has 1 aliphatic rings. The number of hydrogen-bond acceptors (Lipinski definition) is 0. The molecular formula is C36H46. The minimum absolute atomic E-state index is 0.516. The first-order chi connectivity index (χ1) is 17.4. The molecule has 36 heavy (non-hydrogen) atoms.